The number of hydrogen-bond acceptors (Lipinski definition) is 2. The van der Waals surface area contributed by atoms with Crippen molar-refractivity contribution in [1.29, 1.82) is 0 Å². The summed E-state index contributed by atoms with van der Waals surface area (Å²) in [6.45, 7) is 2.40. The summed E-state index contributed by atoms with van der Waals surface area (Å²) in [5.41, 5.74) is 12.4. The Balaban J connectivity index is 1.15. The van der Waals surface area contributed by atoms with Gasteiger partial charge in [0.25, 0.3) is 0 Å². The van der Waals surface area contributed by atoms with E-state index in [2.05, 4.69) is 199 Å². The van der Waals surface area contributed by atoms with E-state index in [9.17, 15) is 0 Å². The predicted octanol–water partition coefficient (Wildman–Crippen LogP) is 14.7. The highest BCUT2D eigenvalue weighted by atomic mass is 15.0. The Kier molecular flexibility index (Phi) is 7.73. The van der Waals surface area contributed by atoms with E-state index in [1.807, 2.05) is 30.6 Å². The lowest BCUT2D eigenvalue weighted by molar-refractivity contribution is 0.463. The molecule has 0 bridgehead atoms. The molecule has 0 N–H and O–H groups in total. The molecule has 0 saturated carbocycles. The van der Waals surface area contributed by atoms with E-state index in [1.165, 1.54) is 71.1 Å². The summed E-state index contributed by atoms with van der Waals surface area (Å²) in [4.78, 5) is 9.59. The second kappa shape index (κ2) is 13.5. The number of benzene rings is 7. The maximum atomic E-state index is 4.94. The number of rotatable bonds is 5. The molecule has 0 amide bonds. The van der Waals surface area contributed by atoms with E-state index in [0.29, 0.717) is 0 Å². The van der Waals surface area contributed by atoms with Crippen molar-refractivity contribution in [3.05, 3.63) is 224 Å². The molecule has 3 heteroatoms. The third-order valence-corrected chi connectivity index (χ3v) is 13.0. The van der Waals surface area contributed by atoms with Crippen LogP contribution < -0.4 is 0 Å². The molecular weight excluding hydrogens is 727 g/mol. The number of para-hydroxylation sites is 1. The largest absolute Gasteiger partial charge is 0.308 e. The van der Waals surface area contributed by atoms with Crippen molar-refractivity contribution < 1.29 is 0 Å². The van der Waals surface area contributed by atoms with Crippen LogP contribution in [0.15, 0.2) is 218 Å². The molecule has 3 heterocycles. The Morgan fingerprint density at radius 1 is 0.533 bits per heavy atom. The Bertz CT molecular complexity index is 3490. The summed E-state index contributed by atoms with van der Waals surface area (Å²) in [5, 5.41) is 9.95. The van der Waals surface area contributed by atoms with Gasteiger partial charge >= 0.3 is 0 Å². The van der Waals surface area contributed by atoms with Gasteiger partial charge in [0.1, 0.15) is 0 Å². The molecule has 2 aliphatic rings. The summed E-state index contributed by atoms with van der Waals surface area (Å²) in [5.74, 6) is 0.117. The fourth-order valence-electron chi connectivity index (χ4n) is 10.1. The molecule has 12 rings (SSSR count). The van der Waals surface area contributed by atoms with Crippen molar-refractivity contribution >= 4 is 54.1 Å². The zero-order chi connectivity index (χ0) is 39.8. The van der Waals surface area contributed by atoms with Gasteiger partial charge in [-0.1, -0.05) is 159 Å². The average molecular weight is 766 g/mol. The highest BCUT2D eigenvalue weighted by Crippen LogP contribution is 2.54. The van der Waals surface area contributed by atoms with Gasteiger partial charge in [-0.05, 0) is 114 Å². The van der Waals surface area contributed by atoms with Crippen LogP contribution in [0.4, 0.5) is 0 Å². The number of pyridine rings is 2. The van der Waals surface area contributed by atoms with E-state index in [-0.39, 0.29) is 11.3 Å². The smallest absolute Gasteiger partial charge is 0.0893 e. The van der Waals surface area contributed by atoms with Crippen LogP contribution in [0.25, 0.3) is 93.5 Å². The van der Waals surface area contributed by atoms with E-state index >= 15 is 0 Å². The topological polar surface area (TPSA) is 30.7 Å². The zero-order valence-corrected chi connectivity index (χ0v) is 33.1. The van der Waals surface area contributed by atoms with Crippen molar-refractivity contribution in [2.75, 3.05) is 0 Å². The van der Waals surface area contributed by atoms with Crippen LogP contribution in [0.2, 0.25) is 0 Å². The molecule has 60 heavy (non-hydrogen) atoms. The van der Waals surface area contributed by atoms with Crippen molar-refractivity contribution in [3.63, 3.8) is 0 Å². The number of nitrogens with zero attached hydrogens (tertiary/aromatic N) is 3. The predicted molar refractivity (Wildman–Crippen MR) is 252 cm³/mol. The van der Waals surface area contributed by atoms with Crippen LogP contribution in [0, 0.1) is 5.41 Å². The fourth-order valence-corrected chi connectivity index (χ4v) is 10.1. The van der Waals surface area contributed by atoms with E-state index < -0.39 is 0 Å². The van der Waals surface area contributed by atoms with Gasteiger partial charge in [0, 0.05) is 34.0 Å². The molecule has 7 aromatic carbocycles. The molecule has 0 spiro atoms. The van der Waals surface area contributed by atoms with Crippen molar-refractivity contribution in [3.8, 4) is 39.3 Å². The standard InChI is InChI=1S/C57H39N3/c1-57-31-11-9-17-40(57)18-14-25-50(57)56-45-23-8-7-22-44(45)55(43-24-13-16-37-15-5-6-21-42(37)43)46-29-27-38(34-49(46)56)39-28-30-53-47(33-39)48-35-52(51-26-10-12-32-58-51)59-36-54(48)60(53)41-19-3-2-4-20-41/h2-36,50H,1H3. The van der Waals surface area contributed by atoms with Gasteiger partial charge in [-0.15, -0.1) is 0 Å². The Hall–Kier alpha value is -7.62. The van der Waals surface area contributed by atoms with Gasteiger partial charge < -0.3 is 4.57 Å². The molecule has 3 aromatic heterocycles. The van der Waals surface area contributed by atoms with E-state index in [4.69, 9.17) is 4.98 Å². The van der Waals surface area contributed by atoms with Gasteiger partial charge in [-0.2, -0.15) is 0 Å². The third-order valence-electron chi connectivity index (χ3n) is 13.0. The Morgan fingerprint density at radius 3 is 2.13 bits per heavy atom. The first-order chi connectivity index (χ1) is 29.6. The van der Waals surface area contributed by atoms with Gasteiger partial charge in [-0.3, -0.25) is 9.97 Å². The first-order valence-corrected chi connectivity index (χ1v) is 20.8. The van der Waals surface area contributed by atoms with Crippen LogP contribution in [-0.4, -0.2) is 14.5 Å². The highest BCUT2D eigenvalue weighted by molar-refractivity contribution is 6.19. The minimum absolute atomic E-state index is 0.117. The SMILES string of the molecule is CC12C=CC=CC1=CC=CC2c1c2ccccc2c(-c2cccc3ccccc23)c2ccc(-c3ccc4c(c3)c3cc(-c5ccccn5)ncc3n4-c3ccccc3)cc12. The van der Waals surface area contributed by atoms with Crippen molar-refractivity contribution in [2.45, 2.75) is 12.8 Å². The number of hydrogen-bond donors (Lipinski definition) is 0. The van der Waals surface area contributed by atoms with Gasteiger partial charge in [0.15, 0.2) is 0 Å². The van der Waals surface area contributed by atoms with Gasteiger partial charge in [0.05, 0.1) is 28.6 Å². The second-order valence-corrected chi connectivity index (χ2v) is 16.3. The van der Waals surface area contributed by atoms with Gasteiger partial charge in [0.2, 0.25) is 0 Å². The molecule has 2 unspecified atom stereocenters. The van der Waals surface area contributed by atoms with Crippen LogP contribution in [0.1, 0.15) is 18.4 Å². The zero-order valence-electron chi connectivity index (χ0n) is 33.1. The lowest BCUT2D eigenvalue weighted by Gasteiger charge is -2.40. The molecule has 282 valence electrons. The maximum Gasteiger partial charge on any atom is 0.0893 e. The number of aromatic nitrogens is 3. The third kappa shape index (κ3) is 5.22. The summed E-state index contributed by atoms with van der Waals surface area (Å²) in [7, 11) is 0. The Morgan fingerprint density at radius 2 is 1.27 bits per heavy atom. The lowest BCUT2D eigenvalue weighted by atomic mass is 9.63. The van der Waals surface area contributed by atoms with Crippen LogP contribution in [0.5, 0.6) is 0 Å². The van der Waals surface area contributed by atoms with Gasteiger partial charge in [-0.25, -0.2) is 0 Å². The quantitative estimate of drug-likeness (QED) is 0.163. The summed E-state index contributed by atoms with van der Waals surface area (Å²) in [6.07, 6.45) is 19.9. The molecule has 0 saturated heterocycles. The molecule has 10 aromatic rings. The molecule has 2 atom stereocenters. The first-order valence-electron chi connectivity index (χ1n) is 20.8. The Labute approximate surface area is 348 Å². The van der Waals surface area contributed by atoms with Crippen molar-refractivity contribution in [2.24, 2.45) is 5.41 Å². The van der Waals surface area contributed by atoms with Crippen LogP contribution in [0.3, 0.4) is 0 Å². The molecule has 2 aliphatic carbocycles. The highest BCUT2D eigenvalue weighted by Gasteiger charge is 2.38. The minimum atomic E-state index is -0.201. The summed E-state index contributed by atoms with van der Waals surface area (Å²) in [6, 6.07) is 57.5. The molecular formula is C57H39N3. The monoisotopic (exact) mass is 765 g/mol. The minimum Gasteiger partial charge on any atom is -0.308 e. The molecule has 0 fully saturated rings. The van der Waals surface area contributed by atoms with Crippen LogP contribution in [-0.2, 0) is 0 Å². The molecule has 0 radical (unpaired) electrons. The number of allylic oxidation sites excluding steroid dienone is 8. The normalized spacial score (nSPS) is 17.2. The summed E-state index contributed by atoms with van der Waals surface area (Å²) >= 11 is 0. The maximum absolute atomic E-state index is 4.94. The summed E-state index contributed by atoms with van der Waals surface area (Å²) < 4.78 is 2.33. The molecule has 3 nitrogen and oxygen atoms in total. The van der Waals surface area contributed by atoms with Crippen LogP contribution >= 0.6 is 0 Å². The molecule has 0 aliphatic heterocycles. The van der Waals surface area contributed by atoms with E-state index in [0.717, 1.165) is 33.5 Å². The first kappa shape index (κ1) is 34.4. The fraction of sp³-hybridized carbons (Fsp3) is 0.0526. The second-order valence-electron chi connectivity index (χ2n) is 16.3. The number of fused-ring (bicyclic) bond motifs is 7. The van der Waals surface area contributed by atoms with Crippen molar-refractivity contribution in [1.82, 2.24) is 14.5 Å². The van der Waals surface area contributed by atoms with E-state index in [1.54, 1.807) is 0 Å². The average Bonchev–Trinajstić information content (AvgIpc) is 3.64. The lowest BCUT2D eigenvalue weighted by Crippen LogP contribution is -2.27.